The lowest BCUT2D eigenvalue weighted by atomic mass is 10.4. The third-order valence-electron chi connectivity index (χ3n) is 17.8. The Labute approximate surface area is 868 Å². The van der Waals surface area contributed by atoms with Crippen molar-refractivity contribution < 1.29 is 233 Å². The van der Waals surface area contributed by atoms with E-state index >= 15 is 0 Å². The molecule has 0 rings (SSSR count). The molecular weight excluding hydrogens is 1950 g/mol. The van der Waals surface area contributed by atoms with E-state index in [4.69, 9.17) is 223 Å². The second-order valence-corrected chi connectivity index (χ2v) is 29.9. The van der Waals surface area contributed by atoms with Gasteiger partial charge in [-0.1, -0.05) is 6.92 Å². The van der Waals surface area contributed by atoms with E-state index in [1.165, 1.54) is 13.8 Å². The van der Waals surface area contributed by atoms with Crippen LogP contribution in [0.15, 0.2) is 0 Å². The molecule has 1 N–H and O–H groups in total. The van der Waals surface area contributed by atoms with Crippen molar-refractivity contribution in [2.24, 2.45) is 0 Å². The van der Waals surface area contributed by atoms with Gasteiger partial charge in [-0.05, 0) is 20.3 Å². The van der Waals surface area contributed by atoms with Crippen LogP contribution in [0.25, 0.3) is 0 Å². The van der Waals surface area contributed by atoms with Crippen molar-refractivity contribution in [3.05, 3.63) is 0 Å². The molecule has 0 fully saturated rings. The van der Waals surface area contributed by atoms with Gasteiger partial charge in [0, 0.05) is 6.61 Å². The number of ether oxygens (including phenoxy) is 46. The van der Waals surface area contributed by atoms with E-state index < -0.39 is 24.1 Å². The van der Waals surface area contributed by atoms with Crippen LogP contribution in [0.2, 0.25) is 0 Å². The van der Waals surface area contributed by atoms with E-state index in [0.717, 1.165) is 13.0 Å². The van der Waals surface area contributed by atoms with Crippen molar-refractivity contribution in [1.29, 1.82) is 0 Å². The van der Waals surface area contributed by atoms with Gasteiger partial charge in [0.25, 0.3) is 0 Å². The second kappa shape index (κ2) is 134. The molecule has 0 aromatic carbocycles. The number of carbonyl (C=O) groups excluding carboxylic acids is 2. The molecule has 874 valence electrons. The van der Waals surface area contributed by atoms with Crippen LogP contribution in [0, 0.1) is 0 Å². The summed E-state index contributed by atoms with van der Waals surface area (Å²) in [6, 6.07) is 0. The zero-order chi connectivity index (χ0) is 104. The van der Waals surface area contributed by atoms with E-state index in [-0.39, 0.29) is 13.2 Å². The highest BCUT2D eigenvalue weighted by molar-refractivity contribution is 5.80. The summed E-state index contributed by atoms with van der Waals surface area (Å²) in [6.45, 7) is 46.2. The van der Waals surface area contributed by atoms with E-state index in [0.29, 0.717) is 568 Å². The van der Waals surface area contributed by atoms with E-state index in [1.54, 1.807) is 0 Å². The Morgan fingerprint density at radius 1 is 0.130 bits per heavy atom. The van der Waals surface area contributed by atoms with Gasteiger partial charge in [-0.2, -0.15) is 0 Å². The first kappa shape index (κ1) is 143. The zero-order valence-corrected chi connectivity index (χ0v) is 88.8. The van der Waals surface area contributed by atoms with Crippen LogP contribution in [0.4, 0.5) is 0 Å². The van der Waals surface area contributed by atoms with Crippen LogP contribution < -0.4 is 0 Å². The molecule has 2 unspecified atom stereocenters. The zero-order valence-electron chi connectivity index (χ0n) is 88.8. The van der Waals surface area contributed by atoms with Crippen molar-refractivity contribution >= 4 is 11.9 Å². The first-order valence-electron chi connectivity index (χ1n) is 51.9. The van der Waals surface area contributed by atoms with Crippen LogP contribution in [0.3, 0.4) is 0 Å². The Bertz CT molecular complexity index is 2180. The molecule has 49 heteroatoms. The molecule has 0 radical (unpaired) electrons. The van der Waals surface area contributed by atoms with Crippen LogP contribution in [-0.2, 0) is 227 Å². The van der Waals surface area contributed by atoms with E-state index in [1.807, 2.05) is 0 Å². The fourth-order valence-corrected chi connectivity index (χ4v) is 10.3. The molecule has 0 spiro atoms. The van der Waals surface area contributed by atoms with Crippen molar-refractivity contribution in [3.8, 4) is 0 Å². The summed E-state index contributed by atoms with van der Waals surface area (Å²) >= 11 is 0. The average molecular weight is 2140 g/mol. The Balaban J connectivity index is 3.12. The molecule has 49 nitrogen and oxygen atoms in total. The summed E-state index contributed by atoms with van der Waals surface area (Å²) in [5.74, 6) is -1.62. The van der Waals surface area contributed by atoms with Gasteiger partial charge in [0.15, 0.2) is 6.10 Å². The fourth-order valence-electron chi connectivity index (χ4n) is 10.3. The summed E-state index contributed by atoms with van der Waals surface area (Å²) in [4.78, 5) is 23.1. The largest absolute Gasteiger partial charge is 0.461 e. The number of aliphatic hydroxyl groups excluding tert-OH is 1. The van der Waals surface area contributed by atoms with Crippen LogP contribution >= 0.6 is 0 Å². The summed E-state index contributed by atoms with van der Waals surface area (Å²) in [6.07, 6.45) is -1.42. The smallest absolute Gasteiger partial charge is 0.347 e. The molecule has 146 heavy (non-hydrogen) atoms. The summed E-state index contributed by atoms with van der Waals surface area (Å²) < 4.78 is 253. The lowest BCUT2D eigenvalue weighted by Crippen LogP contribution is -2.31. The normalized spacial score (nSPS) is 12.2. The maximum Gasteiger partial charge on any atom is 0.347 e. The highest BCUT2D eigenvalue weighted by Crippen LogP contribution is 2.02. The summed E-state index contributed by atoms with van der Waals surface area (Å²) in [5, 5.41) is 9.13. The molecule has 0 aromatic heterocycles. The monoisotopic (exact) mass is 2140 g/mol. The van der Waals surface area contributed by atoms with Gasteiger partial charge in [0.05, 0.1) is 575 Å². The minimum absolute atomic E-state index is 0.00402. The highest BCUT2D eigenvalue weighted by atomic mass is 16.7. The third-order valence-corrected chi connectivity index (χ3v) is 17.8. The van der Waals surface area contributed by atoms with Crippen molar-refractivity contribution in [2.45, 2.75) is 39.4 Å². The van der Waals surface area contributed by atoms with E-state index in [9.17, 15) is 9.59 Å². The van der Waals surface area contributed by atoms with Crippen molar-refractivity contribution in [1.82, 2.24) is 0 Å². The van der Waals surface area contributed by atoms with E-state index in [2.05, 4.69) is 6.92 Å². The predicted molar refractivity (Wildman–Crippen MR) is 525 cm³/mol. The second-order valence-electron chi connectivity index (χ2n) is 29.9. The van der Waals surface area contributed by atoms with Gasteiger partial charge in [-0.3, -0.25) is 0 Å². The number of esters is 2. The number of carbonyl (C=O) groups is 2. The fraction of sp³-hybridized carbons (Fsp3) is 0.979. The Morgan fingerprint density at radius 2 is 0.205 bits per heavy atom. The van der Waals surface area contributed by atoms with Gasteiger partial charge in [0.1, 0.15) is 12.7 Å². The maximum absolute atomic E-state index is 11.8. The number of hydrogen-bond donors (Lipinski definition) is 1. The van der Waals surface area contributed by atoms with Crippen LogP contribution in [0.1, 0.15) is 27.2 Å². The SMILES string of the molecule is CCCOCCOCCOCCOCCOCCOCCOCCOCCOCCOCCOCCOCCOCCOCCOCCOCCOCCOCCOCCOCCOCCOCCOCCOCCOCCOCCOCCOCCOCCOCCOCCOCCOCCOCCOCCOCCOCCOCCOCCOCCOCCOCCOCCOCCOC(=O)C(C)OC(=O)C(C)O. The molecular formula is C97H192O49. The molecule has 0 aliphatic heterocycles. The number of aliphatic hydroxyl groups is 1. The first-order chi connectivity index (χ1) is 72.5. The topological polar surface area (TPSA) is 479 Å². The van der Waals surface area contributed by atoms with Gasteiger partial charge < -0.3 is 223 Å². The average Bonchev–Trinajstić information content (AvgIpc) is 0.933. The minimum atomic E-state index is -1.32. The van der Waals surface area contributed by atoms with Crippen molar-refractivity contribution in [2.75, 3.05) is 588 Å². The Kier molecular flexibility index (Phi) is 132. The third kappa shape index (κ3) is 132. The van der Waals surface area contributed by atoms with Crippen LogP contribution in [0.5, 0.6) is 0 Å². The number of hydrogen-bond acceptors (Lipinski definition) is 49. The first-order valence-corrected chi connectivity index (χ1v) is 51.9. The predicted octanol–water partition coefficient (Wildman–Crippen LogP) is 0.983. The molecule has 0 aliphatic rings. The Morgan fingerprint density at radius 3 is 0.281 bits per heavy atom. The number of rotatable bonds is 137. The summed E-state index contributed by atoms with van der Waals surface area (Å²) in [5.41, 5.74) is 0. The van der Waals surface area contributed by atoms with Crippen LogP contribution in [-0.4, -0.2) is 617 Å². The lowest BCUT2D eigenvalue weighted by molar-refractivity contribution is -0.172. The molecule has 0 amide bonds. The molecule has 2 atom stereocenters. The van der Waals surface area contributed by atoms with Gasteiger partial charge in [0.2, 0.25) is 0 Å². The quantitative estimate of drug-likeness (QED) is 0.0655. The molecule has 0 saturated carbocycles. The molecule has 0 heterocycles. The van der Waals surface area contributed by atoms with Gasteiger partial charge in [-0.25, -0.2) is 9.59 Å². The molecule has 0 bridgehead atoms. The standard InChI is InChI=1S/C97H192O49/c1-4-5-101-6-7-102-8-9-103-10-11-104-12-13-105-14-15-106-16-17-107-18-19-108-20-21-109-22-23-110-24-25-111-26-27-112-28-29-113-30-31-114-32-33-115-34-35-116-36-37-117-38-39-118-40-41-119-42-43-120-44-45-121-46-47-122-48-49-123-50-51-124-52-53-125-54-55-126-56-57-127-58-59-128-60-61-129-62-63-130-64-65-131-66-67-132-68-69-133-70-71-134-72-73-135-74-75-136-76-77-137-78-79-138-80-81-139-82-83-140-84-85-141-86-87-142-88-89-143-90-91-144-92-93-145-97(100)95(3)146-96(99)94(2)98/h94-95,98H,4-93H2,1-3H3. The van der Waals surface area contributed by atoms with Gasteiger partial charge in [-0.15, -0.1) is 0 Å². The highest BCUT2D eigenvalue weighted by Gasteiger charge is 2.22. The van der Waals surface area contributed by atoms with Gasteiger partial charge >= 0.3 is 11.9 Å². The summed E-state index contributed by atoms with van der Waals surface area (Å²) in [7, 11) is 0. The molecule has 0 aromatic rings. The Hall–Kier alpha value is -2.86. The minimum Gasteiger partial charge on any atom is -0.461 e. The lowest BCUT2D eigenvalue weighted by Gasteiger charge is -2.13. The maximum atomic E-state index is 11.8. The molecule has 0 saturated heterocycles. The van der Waals surface area contributed by atoms with Crippen molar-refractivity contribution in [3.63, 3.8) is 0 Å². The molecule has 0 aliphatic carbocycles.